The number of pyridine rings is 1. The smallest absolute Gasteiger partial charge is 0.311 e. The van der Waals surface area contributed by atoms with E-state index in [9.17, 15) is 14.7 Å². The van der Waals surface area contributed by atoms with Gasteiger partial charge in [-0.25, -0.2) is 0 Å². The van der Waals surface area contributed by atoms with Crippen LogP contribution in [0.1, 0.15) is 41.7 Å². The second-order valence-corrected chi connectivity index (χ2v) is 5.69. The Balaban J connectivity index is 2.06. The average molecular weight is 297 g/mol. The molecule has 0 aliphatic heterocycles. The van der Waals surface area contributed by atoms with Crippen LogP contribution in [0.3, 0.4) is 0 Å². The molecule has 1 heterocycles. The number of carboxylic acids is 1. The quantitative estimate of drug-likeness (QED) is 0.894. The highest BCUT2D eigenvalue weighted by molar-refractivity contribution is 6.33. The maximum absolute atomic E-state index is 12.1. The lowest BCUT2D eigenvalue weighted by Crippen LogP contribution is -2.41. The molecule has 1 aromatic heterocycles. The fraction of sp³-hybridized carbons (Fsp3) is 0.500. The van der Waals surface area contributed by atoms with Crippen LogP contribution in [0.25, 0.3) is 0 Å². The van der Waals surface area contributed by atoms with Gasteiger partial charge in [0.2, 0.25) is 0 Å². The molecule has 0 atom stereocenters. The number of nitrogens with zero attached hydrogens (tertiary/aromatic N) is 1. The first-order chi connectivity index (χ1) is 9.44. The van der Waals surface area contributed by atoms with Gasteiger partial charge in [-0.3, -0.25) is 14.6 Å². The molecule has 0 radical (unpaired) electrons. The van der Waals surface area contributed by atoms with Gasteiger partial charge in [0.1, 0.15) is 0 Å². The molecule has 0 aromatic carbocycles. The molecule has 1 amide bonds. The third-order valence-electron chi connectivity index (χ3n) is 3.84. The van der Waals surface area contributed by atoms with E-state index in [-0.39, 0.29) is 18.0 Å². The van der Waals surface area contributed by atoms with Crippen LogP contribution in [-0.4, -0.2) is 28.5 Å². The number of hydrogen-bond acceptors (Lipinski definition) is 3. The number of carbonyl (C=O) groups excluding carboxylic acids is 1. The number of carbonyl (C=O) groups is 2. The number of aromatic nitrogens is 1. The van der Waals surface area contributed by atoms with Crippen molar-refractivity contribution >= 4 is 23.5 Å². The Kier molecular flexibility index (Phi) is 4.28. The highest BCUT2D eigenvalue weighted by Gasteiger charge is 2.41. The van der Waals surface area contributed by atoms with E-state index in [0.717, 1.165) is 18.5 Å². The van der Waals surface area contributed by atoms with Crippen LogP contribution in [0.2, 0.25) is 5.02 Å². The molecule has 0 bridgehead atoms. The monoisotopic (exact) mass is 296 g/mol. The van der Waals surface area contributed by atoms with Crippen molar-refractivity contribution in [1.82, 2.24) is 10.3 Å². The Morgan fingerprint density at radius 3 is 2.65 bits per heavy atom. The number of halogens is 1. The molecule has 0 unspecified atom stereocenters. The summed E-state index contributed by atoms with van der Waals surface area (Å²) in [5.74, 6) is -1.22. The lowest BCUT2D eigenvalue weighted by molar-refractivity contribution is -0.148. The Morgan fingerprint density at radius 1 is 1.45 bits per heavy atom. The summed E-state index contributed by atoms with van der Waals surface area (Å²) in [5.41, 5.74) is 0.167. The Hall–Kier alpha value is -1.62. The van der Waals surface area contributed by atoms with E-state index in [1.807, 2.05) is 0 Å². The van der Waals surface area contributed by atoms with Crippen molar-refractivity contribution in [1.29, 1.82) is 0 Å². The third kappa shape index (κ3) is 2.93. The zero-order valence-electron chi connectivity index (χ0n) is 11.3. The summed E-state index contributed by atoms with van der Waals surface area (Å²) in [6.07, 6.45) is 4.38. The molecular weight excluding hydrogens is 280 g/mol. The average Bonchev–Trinajstić information content (AvgIpc) is 2.86. The fourth-order valence-corrected chi connectivity index (χ4v) is 2.85. The van der Waals surface area contributed by atoms with E-state index in [2.05, 4.69) is 10.3 Å². The van der Waals surface area contributed by atoms with Crippen molar-refractivity contribution in [2.45, 2.75) is 32.6 Å². The van der Waals surface area contributed by atoms with Gasteiger partial charge >= 0.3 is 5.97 Å². The molecule has 2 N–H and O–H groups in total. The van der Waals surface area contributed by atoms with Crippen LogP contribution >= 0.6 is 11.6 Å². The normalized spacial score (nSPS) is 16.9. The van der Waals surface area contributed by atoms with Gasteiger partial charge in [-0.2, -0.15) is 0 Å². The molecule has 1 saturated carbocycles. The van der Waals surface area contributed by atoms with Crippen molar-refractivity contribution in [2.24, 2.45) is 5.41 Å². The molecule has 1 aromatic rings. The van der Waals surface area contributed by atoms with Gasteiger partial charge in [0, 0.05) is 18.4 Å². The second-order valence-electron chi connectivity index (χ2n) is 5.28. The number of nitrogens with one attached hydrogen (secondary N) is 1. The lowest BCUT2D eigenvalue weighted by atomic mass is 9.86. The third-order valence-corrected chi connectivity index (χ3v) is 4.15. The minimum absolute atomic E-state index is 0.130. The molecule has 6 heteroatoms. The van der Waals surface area contributed by atoms with Gasteiger partial charge < -0.3 is 10.4 Å². The summed E-state index contributed by atoms with van der Waals surface area (Å²) in [4.78, 5) is 27.5. The second kappa shape index (κ2) is 5.79. The maximum atomic E-state index is 12.1. The summed E-state index contributed by atoms with van der Waals surface area (Å²) >= 11 is 6.00. The number of carboxylic acid groups (broad SMARTS) is 1. The van der Waals surface area contributed by atoms with Crippen LogP contribution in [0.15, 0.2) is 12.3 Å². The molecule has 0 spiro atoms. The summed E-state index contributed by atoms with van der Waals surface area (Å²) < 4.78 is 0. The van der Waals surface area contributed by atoms with Crippen molar-refractivity contribution in [3.05, 3.63) is 28.5 Å². The fourth-order valence-electron chi connectivity index (χ4n) is 2.56. The van der Waals surface area contributed by atoms with Crippen LogP contribution in [0.4, 0.5) is 0 Å². The van der Waals surface area contributed by atoms with Crippen molar-refractivity contribution in [2.75, 3.05) is 6.54 Å². The van der Waals surface area contributed by atoms with E-state index in [1.54, 1.807) is 13.0 Å². The van der Waals surface area contributed by atoms with E-state index in [1.165, 1.54) is 6.20 Å². The zero-order chi connectivity index (χ0) is 14.8. The van der Waals surface area contributed by atoms with Crippen LogP contribution in [0.5, 0.6) is 0 Å². The first-order valence-electron chi connectivity index (χ1n) is 6.58. The maximum Gasteiger partial charge on any atom is 0.311 e. The van der Waals surface area contributed by atoms with E-state index >= 15 is 0 Å². The van der Waals surface area contributed by atoms with Gasteiger partial charge in [0.05, 0.1) is 16.0 Å². The highest BCUT2D eigenvalue weighted by Crippen LogP contribution is 2.37. The molecule has 20 heavy (non-hydrogen) atoms. The topological polar surface area (TPSA) is 79.3 Å². The first-order valence-corrected chi connectivity index (χ1v) is 6.96. The van der Waals surface area contributed by atoms with Crippen molar-refractivity contribution in [3.63, 3.8) is 0 Å². The van der Waals surface area contributed by atoms with Gasteiger partial charge in [0.15, 0.2) is 0 Å². The Morgan fingerprint density at radius 2 is 2.10 bits per heavy atom. The largest absolute Gasteiger partial charge is 0.481 e. The number of amides is 1. The van der Waals surface area contributed by atoms with Gasteiger partial charge in [-0.05, 0) is 25.8 Å². The number of aliphatic carboxylic acids is 1. The standard InChI is InChI=1S/C14H17ClN2O3/c1-9-6-11(15)10(7-16-9)12(18)17-8-14(13(19)20)4-2-3-5-14/h6-7H,2-5,8H2,1H3,(H,17,18)(H,19,20). The number of hydrogen-bond donors (Lipinski definition) is 2. The molecule has 1 aliphatic rings. The summed E-state index contributed by atoms with van der Waals surface area (Å²) in [6.45, 7) is 1.91. The minimum Gasteiger partial charge on any atom is -0.481 e. The number of rotatable bonds is 4. The zero-order valence-corrected chi connectivity index (χ0v) is 12.0. The summed E-state index contributed by atoms with van der Waals surface area (Å²) in [7, 11) is 0. The van der Waals surface area contributed by atoms with E-state index < -0.39 is 11.4 Å². The van der Waals surface area contributed by atoms with E-state index in [0.29, 0.717) is 17.9 Å². The molecule has 108 valence electrons. The molecule has 2 rings (SSSR count). The minimum atomic E-state index is -0.844. The van der Waals surface area contributed by atoms with E-state index in [4.69, 9.17) is 11.6 Å². The SMILES string of the molecule is Cc1cc(Cl)c(C(=O)NCC2(C(=O)O)CCCC2)cn1. The van der Waals surface area contributed by atoms with Gasteiger partial charge in [-0.1, -0.05) is 24.4 Å². The molecular formula is C14H17ClN2O3. The molecule has 1 fully saturated rings. The first kappa shape index (κ1) is 14.8. The summed E-state index contributed by atoms with van der Waals surface area (Å²) in [6, 6.07) is 1.61. The molecule has 1 aliphatic carbocycles. The van der Waals surface area contributed by atoms with Crippen LogP contribution in [0, 0.1) is 12.3 Å². The van der Waals surface area contributed by atoms with Crippen molar-refractivity contribution < 1.29 is 14.7 Å². The molecule has 5 nitrogen and oxygen atoms in total. The molecule has 0 saturated heterocycles. The predicted octanol–water partition coefficient (Wildman–Crippen LogP) is 2.42. The van der Waals surface area contributed by atoms with Gasteiger partial charge in [0.25, 0.3) is 5.91 Å². The van der Waals surface area contributed by atoms with Gasteiger partial charge in [-0.15, -0.1) is 0 Å². The lowest BCUT2D eigenvalue weighted by Gasteiger charge is -2.24. The van der Waals surface area contributed by atoms with Crippen LogP contribution < -0.4 is 5.32 Å². The van der Waals surface area contributed by atoms with Crippen LogP contribution in [-0.2, 0) is 4.79 Å². The number of aryl methyl sites for hydroxylation is 1. The predicted molar refractivity (Wildman–Crippen MR) is 74.9 cm³/mol. The summed E-state index contributed by atoms with van der Waals surface area (Å²) in [5, 5.41) is 12.4. The van der Waals surface area contributed by atoms with Crippen molar-refractivity contribution in [3.8, 4) is 0 Å². The Labute approximate surface area is 122 Å². The highest BCUT2D eigenvalue weighted by atomic mass is 35.5. The Bertz CT molecular complexity index is 539.